The third kappa shape index (κ3) is 1.35. The topological polar surface area (TPSA) is 32.3 Å². The number of fused-ring (bicyclic) bond motifs is 2. The normalized spacial score (nSPS) is 37.1. The van der Waals surface area contributed by atoms with E-state index in [1.54, 1.807) is 0 Å². The second-order valence-electron chi connectivity index (χ2n) is 4.70. The van der Waals surface area contributed by atoms with Crippen LogP contribution in [0.1, 0.15) is 38.5 Å². The molecule has 2 bridgehead atoms. The number of hydrogen-bond acceptors (Lipinski definition) is 2. The summed E-state index contributed by atoms with van der Waals surface area (Å²) >= 11 is 0. The molecular formula is C10H16N2O. The summed E-state index contributed by atoms with van der Waals surface area (Å²) in [5, 5.41) is 1.92. The zero-order valence-electron chi connectivity index (χ0n) is 7.83. The Labute approximate surface area is 78.4 Å². The molecule has 2 saturated carbocycles. The number of nitrogens with zero attached hydrogens (tertiary/aromatic N) is 1. The largest absolute Gasteiger partial charge is 0.275 e. The van der Waals surface area contributed by atoms with E-state index < -0.39 is 0 Å². The van der Waals surface area contributed by atoms with Gasteiger partial charge in [0.1, 0.15) is 0 Å². The van der Waals surface area contributed by atoms with Crippen molar-refractivity contribution in [3.05, 3.63) is 0 Å². The molecule has 3 rings (SSSR count). The van der Waals surface area contributed by atoms with Crippen LogP contribution < -0.4 is 5.43 Å². The minimum atomic E-state index is 0.342. The maximum absolute atomic E-state index is 11.7. The minimum absolute atomic E-state index is 0.342. The first-order valence-corrected chi connectivity index (χ1v) is 5.41. The summed E-state index contributed by atoms with van der Waals surface area (Å²) in [5.41, 5.74) is 3.31. The Morgan fingerprint density at radius 2 is 2.15 bits per heavy atom. The van der Waals surface area contributed by atoms with Gasteiger partial charge in [-0.05, 0) is 38.0 Å². The number of rotatable bonds is 2. The molecule has 2 aliphatic carbocycles. The van der Waals surface area contributed by atoms with E-state index in [0.29, 0.717) is 23.9 Å². The van der Waals surface area contributed by atoms with Crippen molar-refractivity contribution >= 4 is 5.91 Å². The zero-order chi connectivity index (χ0) is 8.84. The number of carbonyl (C=O) groups is 1. The molecule has 1 aliphatic heterocycles. The first kappa shape index (κ1) is 7.80. The van der Waals surface area contributed by atoms with Crippen molar-refractivity contribution in [3.8, 4) is 0 Å². The molecule has 3 nitrogen and oxygen atoms in total. The summed E-state index contributed by atoms with van der Waals surface area (Å²) in [6.45, 7) is 0. The predicted molar refractivity (Wildman–Crippen MR) is 48.7 cm³/mol. The van der Waals surface area contributed by atoms with Gasteiger partial charge >= 0.3 is 0 Å². The lowest BCUT2D eigenvalue weighted by Gasteiger charge is -2.27. The minimum Gasteiger partial charge on any atom is -0.275 e. The Bertz CT molecular complexity index is 237. The van der Waals surface area contributed by atoms with Crippen LogP contribution in [0.2, 0.25) is 0 Å². The van der Waals surface area contributed by atoms with Crippen LogP contribution in [0.4, 0.5) is 0 Å². The van der Waals surface area contributed by atoms with E-state index in [0.717, 1.165) is 6.42 Å². The fourth-order valence-corrected chi connectivity index (χ4v) is 2.55. The summed E-state index contributed by atoms with van der Waals surface area (Å²) in [7, 11) is 0. The second-order valence-corrected chi connectivity index (χ2v) is 4.70. The summed E-state index contributed by atoms with van der Waals surface area (Å²) in [6, 6.07) is 1.13. The summed E-state index contributed by atoms with van der Waals surface area (Å²) < 4.78 is 0. The Hall–Kier alpha value is -0.570. The highest BCUT2D eigenvalue weighted by Crippen LogP contribution is 2.35. The fourth-order valence-electron chi connectivity index (χ4n) is 2.55. The van der Waals surface area contributed by atoms with Gasteiger partial charge in [0.25, 0.3) is 0 Å². The van der Waals surface area contributed by atoms with E-state index in [9.17, 15) is 4.79 Å². The van der Waals surface area contributed by atoms with Crippen LogP contribution in [0.5, 0.6) is 0 Å². The lowest BCUT2D eigenvalue weighted by atomic mass is 10.2. The van der Waals surface area contributed by atoms with Crippen molar-refractivity contribution in [2.45, 2.75) is 50.6 Å². The molecule has 0 aromatic rings. The molecule has 72 valence electrons. The predicted octanol–water partition coefficient (Wildman–Crippen LogP) is 1.05. The molecule has 2 atom stereocenters. The summed E-state index contributed by atoms with van der Waals surface area (Å²) in [6.07, 6.45) is 7.00. The molecule has 2 unspecified atom stereocenters. The molecule has 3 heteroatoms. The number of hydrazine groups is 1. The van der Waals surface area contributed by atoms with Crippen LogP contribution in [0.15, 0.2) is 0 Å². The van der Waals surface area contributed by atoms with Crippen LogP contribution in [-0.2, 0) is 4.79 Å². The van der Waals surface area contributed by atoms with Gasteiger partial charge in [0.2, 0.25) is 5.91 Å². The van der Waals surface area contributed by atoms with E-state index in [-0.39, 0.29) is 0 Å². The number of hydrogen-bond donors (Lipinski definition) is 1. The fraction of sp³-hybridized carbons (Fsp3) is 0.900. The number of carbonyl (C=O) groups excluding carboxylic acids is 1. The summed E-state index contributed by atoms with van der Waals surface area (Å²) in [4.78, 5) is 11.7. The third-order valence-corrected chi connectivity index (χ3v) is 3.52. The quantitative estimate of drug-likeness (QED) is 0.689. The van der Waals surface area contributed by atoms with Gasteiger partial charge in [-0.15, -0.1) is 0 Å². The van der Waals surface area contributed by atoms with Gasteiger partial charge in [0.05, 0.1) is 0 Å². The van der Waals surface area contributed by atoms with Gasteiger partial charge in [-0.1, -0.05) is 0 Å². The van der Waals surface area contributed by atoms with Crippen LogP contribution in [-0.4, -0.2) is 23.0 Å². The van der Waals surface area contributed by atoms with E-state index >= 15 is 0 Å². The second kappa shape index (κ2) is 2.71. The van der Waals surface area contributed by atoms with Crippen molar-refractivity contribution in [2.24, 2.45) is 5.92 Å². The first-order valence-electron chi connectivity index (χ1n) is 5.41. The molecule has 0 radical (unpaired) electrons. The molecule has 0 aromatic carbocycles. The van der Waals surface area contributed by atoms with Crippen molar-refractivity contribution in [1.82, 2.24) is 10.4 Å². The van der Waals surface area contributed by atoms with Gasteiger partial charge < -0.3 is 0 Å². The molecule has 1 heterocycles. The van der Waals surface area contributed by atoms with Crippen molar-refractivity contribution in [2.75, 3.05) is 0 Å². The van der Waals surface area contributed by atoms with Gasteiger partial charge in [-0.25, -0.2) is 5.43 Å². The molecule has 1 amide bonds. The Morgan fingerprint density at radius 3 is 2.69 bits per heavy atom. The zero-order valence-corrected chi connectivity index (χ0v) is 7.83. The first-order chi connectivity index (χ1) is 6.33. The molecule has 1 saturated heterocycles. The van der Waals surface area contributed by atoms with E-state index in [4.69, 9.17) is 0 Å². The molecule has 3 aliphatic rings. The molecule has 13 heavy (non-hydrogen) atoms. The monoisotopic (exact) mass is 180 g/mol. The lowest BCUT2D eigenvalue weighted by molar-refractivity contribution is -0.136. The van der Waals surface area contributed by atoms with Crippen molar-refractivity contribution < 1.29 is 4.79 Å². The summed E-state index contributed by atoms with van der Waals surface area (Å²) in [5.74, 6) is 1.06. The van der Waals surface area contributed by atoms with E-state index in [1.807, 2.05) is 5.01 Å². The Kier molecular flexibility index (Phi) is 1.62. The van der Waals surface area contributed by atoms with Crippen LogP contribution in [0.25, 0.3) is 0 Å². The Balaban J connectivity index is 1.61. The average molecular weight is 180 g/mol. The highest BCUT2D eigenvalue weighted by Gasteiger charge is 2.41. The molecule has 1 N–H and O–H groups in total. The van der Waals surface area contributed by atoms with Crippen LogP contribution in [0.3, 0.4) is 0 Å². The highest BCUT2D eigenvalue weighted by molar-refractivity contribution is 5.77. The average Bonchev–Trinajstić information content (AvgIpc) is 2.71. The highest BCUT2D eigenvalue weighted by atomic mass is 16.2. The van der Waals surface area contributed by atoms with E-state index in [2.05, 4.69) is 5.43 Å². The third-order valence-electron chi connectivity index (χ3n) is 3.52. The van der Waals surface area contributed by atoms with E-state index in [1.165, 1.54) is 32.1 Å². The Morgan fingerprint density at radius 1 is 1.31 bits per heavy atom. The lowest BCUT2D eigenvalue weighted by Crippen LogP contribution is -2.47. The van der Waals surface area contributed by atoms with Gasteiger partial charge in [-0.3, -0.25) is 9.80 Å². The van der Waals surface area contributed by atoms with Gasteiger partial charge in [0, 0.05) is 18.5 Å². The van der Waals surface area contributed by atoms with Crippen molar-refractivity contribution in [3.63, 3.8) is 0 Å². The maximum atomic E-state index is 11.7. The molecule has 0 aromatic heterocycles. The SMILES string of the molecule is O=C(CC1CC1)N1NC2CCC1C2. The van der Waals surface area contributed by atoms with Gasteiger partial charge in [0.15, 0.2) is 0 Å². The molecular weight excluding hydrogens is 164 g/mol. The van der Waals surface area contributed by atoms with Crippen LogP contribution in [0, 0.1) is 5.92 Å². The molecule has 3 fully saturated rings. The standard InChI is InChI=1S/C10H16N2O/c13-10(5-7-1-2-7)12-9-4-3-8(6-9)11-12/h7-9,11H,1-6H2. The molecule has 0 spiro atoms. The van der Waals surface area contributed by atoms with Crippen LogP contribution >= 0.6 is 0 Å². The number of amides is 1. The van der Waals surface area contributed by atoms with Crippen molar-refractivity contribution in [1.29, 1.82) is 0 Å². The number of nitrogens with one attached hydrogen (secondary N) is 1. The smallest absolute Gasteiger partial charge is 0.237 e. The van der Waals surface area contributed by atoms with Gasteiger partial charge in [-0.2, -0.15) is 0 Å². The maximum Gasteiger partial charge on any atom is 0.237 e.